The minimum atomic E-state index is -1.17. The highest BCUT2D eigenvalue weighted by Crippen LogP contribution is 2.03. The first kappa shape index (κ1) is 23.5. The molecule has 0 aliphatic heterocycles. The Balaban J connectivity index is 4.80. The largest absolute Gasteiger partial charge is 0.480 e. The van der Waals surface area contributed by atoms with Gasteiger partial charge >= 0.3 is 5.97 Å². The molecule has 0 heterocycles. The normalized spacial score (nSPS) is 15.6. The van der Waals surface area contributed by atoms with Gasteiger partial charge in [0.15, 0.2) is 0 Å². The highest BCUT2D eigenvalue weighted by Gasteiger charge is 2.29. The summed E-state index contributed by atoms with van der Waals surface area (Å²) in [5, 5.41) is 16.3. The van der Waals surface area contributed by atoms with Crippen LogP contribution in [-0.2, 0) is 19.2 Å². The molecule has 0 aromatic rings. The molecule has 0 aliphatic carbocycles. The van der Waals surface area contributed by atoms with E-state index in [1.165, 1.54) is 6.92 Å². The summed E-state index contributed by atoms with van der Waals surface area (Å²) in [7, 11) is 0. The third-order valence-corrected chi connectivity index (χ3v) is 4.09. The average molecular weight is 395 g/mol. The molecule has 0 saturated heterocycles. The van der Waals surface area contributed by atoms with Gasteiger partial charge in [-0.05, 0) is 12.8 Å². The predicted molar refractivity (Wildman–Crippen MR) is 99.6 cm³/mol. The molecule has 0 aromatic carbocycles. The van der Waals surface area contributed by atoms with Crippen molar-refractivity contribution in [2.45, 2.75) is 44.9 Å². The summed E-state index contributed by atoms with van der Waals surface area (Å²) < 4.78 is 0. The minimum Gasteiger partial charge on any atom is -0.480 e. The second-order valence-corrected chi connectivity index (χ2v) is 6.56. The Labute approximate surface area is 157 Å². The number of carboxylic acid groups (broad SMARTS) is 1. The number of hydrogen-bond acceptors (Lipinski definition) is 7. The summed E-state index contributed by atoms with van der Waals surface area (Å²) in [5.74, 6) is -3.27. The summed E-state index contributed by atoms with van der Waals surface area (Å²) in [6.07, 6.45) is 0. The number of carboxylic acids is 1. The van der Waals surface area contributed by atoms with Crippen molar-refractivity contribution in [2.75, 3.05) is 11.5 Å². The highest BCUT2D eigenvalue weighted by molar-refractivity contribution is 7.80. The fraction of sp³-hybridized carbons (Fsp3) is 0.714. The van der Waals surface area contributed by atoms with E-state index < -0.39 is 47.9 Å². The van der Waals surface area contributed by atoms with Crippen molar-refractivity contribution in [3.05, 3.63) is 0 Å². The topological polar surface area (TPSA) is 151 Å². The van der Waals surface area contributed by atoms with Crippen LogP contribution in [0.2, 0.25) is 0 Å². The Kier molecular flexibility index (Phi) is 10.6. The van der Waals surface area contributed by atoms with Gasteiger partial charge in [0, 0.05) is 11.5 Å². The van der Waals surface area contributed by atoms with Gasteiger partial charge in [-0.15, -0.1) is 0 Å². The van der Waals surface area contributed by atoms with Gasteiger partial charge in [-0.3, -0.25) is 14.4 Å². The van der Waals surface area contributed by atoms with Crippen molar-refractivity contribution in [3.63, 3.8) is 0 Å². The van der Waals surface area contributed by atoms with Gasteiger partial charge in [0.1, 0.15) is 18.1 Å². The van der Waals surface area contributed by atoms with Crippen LogP contribution >= 0.6 is 25.3 Å². The lowest BCUT2D eigenvalue weighted by Gasteiger charge is -2.23. The number of aliphatic carboxylic acids is 1. The lowest BCUT2D eigenvalue weighted by molar-refractivity contribution is -0.143. The smallest absolute Gasteiger partial charge is 0.326 e. The number of thiol groups is 2. The van der Waals surface area contributed by atoms with Crippen molar-refractivity contribution in [3.8, 4) is 0 Å². The van der Waals surface area contributed by atoms with Crippen molar-refractivity contribution >= 4 is 48.9 Å². The van der Waals surface area contributed by atoms with Gasteiger partial charge in [-0.25, -0.2) is 4.79 Å². The molecular weight excluding hydrogens is 368 g/mol. The van der Waals surface area contributed by atoms with Crippen LogP contribution in [0, 0.1) is 5.92 Å². The van der Waals surface area contributed by atoms with Gasteiger partial charge in [0.2, 0.25) is 17.7 Å². The van der Waals surface area contributed by atoms with E-state index in [9.17, 15) is 19.2 Å². The molecule has 0 aliphatic rings. The monoisotopic (exact) mass is 394 g/mol. The molecule has 0 spiro atoms. The van der Waals surface area contributed by atoms with E-state index in [1.54, 1.807) is 13.8 Å². The second-order valence-electron chi connectivity index (χ2n) is 5.83. The maximum Gasteiger partial charge on any atom is 0.326 e. The molecule has 0 rings (SSSR count). The van der Waals surface area contributed by atoms with E-state index in [0.29, 0.717) is 0 Å². The molecule has 0 saturated carbocycles. The Morgan fingerprint density at radius 1 is 0.920 bits per heavy atom. The first-order chi connectivity index (χ1) is 11.5. The first-order valence-electron chi connectivity index (χ1n) is 7.66. The van der Waals surface area contributed by atoms with Crippen molar-refractivity contribution in [1.29, 1.82) is 0 Å². The van der Waals surface area contributed by atoms with Crippen LogP contribution in [0.5, 0.6) is 0 Å². The molecule has 144 valence electrons. The Morgan fingerprint density at radius 3 is 1.88 bits per heavy atom. The molecule has 4 atom stereocenters. The van der Waals surface area contributed by atoms with E-state index in [1.807, 2.05) is 0 Å². The van der Waals surface area contributed by atoms with Crippen molar-refractivity contribution < 1.29 is 24.3 Å². The summed E-state index contributed by atoms with van der Waals surface area (Å²) >= 11 is 7.90. The molecule has 0 bridgehead atoms. The number of hydrogen-bond donors (Lipinski definition) is 7. The summed E-state index contributed by atoms with van der Waals surface area (Å²) in [4.78, 5) is 47.1. The zero-order valence-electron chi connectivity index (χ0n) is 14.4. The molecule has 0 radical (unpaired) electrons. The molecule has 11 heteroatoms. The second kappa shape index (κ2) is 11.2. The van der Waals surface area contributed by atoms with Crippen LogP contribution in [0.1, 0.15) is 20.8 Å². The van der Waals surface area contributed by atoms with Crippen LogP contribution < -0.4 is 21.7 Å². The predicted octanol–water partition coefficient (Wildman–Crippen LogP) is -1.61. The van der Waals surface area contributed by atoms with Crippen LogP contribution in [0.4, 0.5) is 0 Å². The maximum absolute atomic E-state index is 12.2. The Bertz CT molecular complexity index is 504. The number of carbonyl (C=O) groups excluding carboxylic acids is 3. The summed E-state index contributed by atoms with van der Waals surface area (Å²) in [6.45, 7) is 4.73. The Morgan fingerprint density at radius 2 is 1.48 bits per heavy atom. The lowest BCUT2D eigenvalue weighted by Crippen LogP contribution is -2.57. The number of carbonyl (C=O) groups is 4. The van der Waals surface area contributed by atoms with Gasteiger partial charge in [0.05, 0.1) is 6.04 Å². The zero-order valence-corrected chi connectivity index (χ0v) is 16.1. The first-order valence-corrected chi connectivity index (χ1v) is 8.92. The van der Waals surface area contributed by atoms with Crippen molar-refractivity contribution in [1.82, 2.24) is 16.0 Å². The van der Waals surface area contributed by atoms with Gasteiger partial charge in [-0.2, -0.15) is 25.3 Å². The quantitative estimate of drug-likeness (QED) is 0.222. The molecule has 9 nitrogen and oxygen atoms in total. The van der Waals surface area contributed by atoms with Crippen LogP contribution in [0.3, 0.4) is 0 Å². The number of nitrogens with one attached hydrogen (secondary N) is 3. The van der Waals surface area contributed by atoms with Crippen molar-refractivity contribution in [2.24, 2.45) is 11.7 Å². The van der Waals surface area contributed by atoms with E-state index in [2.05, 4.69) is 41.2 Å². The highest BCUT2D eigenvalue weighted by atomic mass is 32.1. The van der Waals surface area contributed by atoms with Crippen LogP contribution in [0.15, 0.2) is 0 Å². The Hall–Kier alpha value is -1.46. The SMILES string of the molecule is CC(NC(=O)C(N)CS)C(=O)NC(CS)C(=O)NC(C(=O)O)C(C)C. The standard InChI is InChI=1S/C14H26N4O5S2/c1-6(2)10(14(22)23)18-13(21)9(5-25)17-11(19)7(3)16-12(20)8(15)4-24/h6-10,24-25H,4-5,15H2,1-3H3,(H,16,20)(H,17,19)(H,18,21)(H,22,23). The number of nitrogens with two attached hydrogens (primary N) is 1. The van der Waals surface area contributed by atoms with Gasteiger partial charge in [-0.1, -0.05) is 13.8 Å². The number of rotatable bonds is 10. The summed E-state index contributed by atoms with van der Waals surface area (Å²) in [5.41, 5.74) is 5.50. The molecular formula is C14H26N4O5S2. The summed E-state index contributed by atoms with van der Waals surface area (Å²) in [6, 6.07) is -3.93. The molecule has 3 amide bonds. The van der Waals surface area contributed by atoms with E-state index in [4.69, 9.17) is 10.8 Å². The molecule has 4 unspecified atom stereocenters. The van der Waals surface area contributed by atoms with Crippen LogP contribution in [-0.4, -0.2) is 64.5 Å². The zero-order chi connectivity index (χ0) is 19.7. The maximum atomic E-state index is 12.2. The van der Waals surface area contributed by atoms with Crippen LogP contribution in [0.25, 0.3) is 0 Å². The van der Waals surface area contributed by atoms with E-state index >= 15 is 0 Å². The molecule has 6 N–H and O–H groups in total. The van der Waals surface area contributed by atoms with Gasteiger partial charge in [0.25, 0.3) is 0 Å². The average Bonchev–Trinajstić information content (AvgIpc) is 2.55. The third kappa shape index (κ3) is 7.97. The molecule has 0 aromatic heterocycles. The minimum absolute atomic E-state index is 0.0428. The fourth-order valence-corrected chi connectivity index (χ4v) is 2.15. The molecule has 0 fully saturated rings. The third-order valence-electron chi connectivity index (χ3n) is 3.33. The lowest BCUT2D eigenvalue weighted by atomic mass is 10.0. The van der Waals surface area contributed by atoms with E-state index in [-0.39, 0.29) is 17.4 Å². The fourth-order valence-electron chi connectivity index (χ4n) is 1.73. The van der Waals surface area contributed by atoms with Gasteiger partial charge < -0.3 is 26.8 Å². The van der Waals surface area contributed by atoms with E-state index in [0.717, 1.165) is 0 Å². The number of amides is 3. The molecule has 25 heavy (non-hydrogen) atoms.